The summed E-state index contributed by atoms with van der Waals surface area (Å²) in [4.78, 5) is 28.4. The van der Waals surface area contributed by atoms with Crippen LogP contribution in [-0.2, 0) is 9.59 Å². The lowest BCUT2D eigenvalue weighted by molar-refractivity contribution is -0.132. The molecule has 1 amide bonds. The lowest BCUT2D eigenvalue weighted by atomic mass is 9.92. The molecule has 0 aliphatic carbocycles. The minimum Gasteiger partial charge on any atom is -0.507 e. The summed E-state index contributed by atoms with van der Waals surface area (Å²) in [5, 5.41) is 11.6. The molecule has 4 rings (SSSR count). The van der Waals surface area contributed by atoms with Crippen LogP contribution in [0.25, 0.3) is 5.76 Å². The minimum atomic E-state index is -0.833. The molecule has 3 aromatic rings. The molecule has 1 atom stereocenters. The molecule has 1 saturated heterocycles. The third-order valence-electron chi connectivity index (χ3n) is 6.17. The summed E-state index contributed by atoms with van der Waals surface area (Å²) in [6, 6.07) is 18.7. The standard InChI is InChI=1S/C30H31NO6/c1-5-35-21-14-12-20(13-15-21)31-27(23-11-9-8-10-19(23)4)26(29(33)30(31)34)28(32)24-17-16-22(36-6-2)18-25(24)37-7-3/h8-18,27,32H,5-7H2,1-4H3/b28-26+. The highest BCUT2D eigenvalue weighted by atomic mass is 16.5. The van der Waals surface area contributed by atoms with Crippen molar-refractivity contribution >= 4 is 23.1 Å². The van der Waals surface area contributed by atoms with Crippen molar-refractivity contribution in [1.82, 2.24) is 0 Å². The van der Waals surface area contributed by atoms with Crippen LogP contribution in [0.3, 0.4) is 0 Å². The second kappa shape index (κ2) is 11.2. The molecular weight excluding hydrogens is 470 g/mol. The third-order valence-corrected chi connectivity index (χ3v) is 6.17. The number of ether oxygens (including phenoxy) is 3. The van der Waals surface area contributed by atoms with Gasteiger partial charge in [0.15, 0.2) is 0 Å². The highest BCUT2D eigenvalue weighted by Crippen LogP contribution is 2.44. The van der Waals surface area contributed by atoms with Gasteiger partial charge in [-0.3, -0.25) is 14.5 Å². The number of ketones is 1. The summed E-state index contributed by atoms with van der Waals surface area (Å²) >= 11 is 0. The molecule has 0 radical (unpaired) electrons. The number of nitrogens with zero attached hydrogens (tertiary/aromatic N) is 1. The first-order valence-corrected chi connectivity index (χ1v) is 12.4. The van der Waals surface area contributed by atoms with Crippen LogP contribution >= 0.6 is 0 Å². The van der Waals surface area contributed by atoms with Crippen molar-refractivity contribution in [2.75, 3.05) is 24.7 Å². The van der Waals surface area contributed by atoms with E-state index in [1.807, 2.05) is 52.0 Å². The lowest BCUT2D eigenvalue weighted by Crippen LogP contribution is -2.29. The van der Waals surface area contributed by atoms with Gasteiger partial charge in [0.1, 0.15) is 23.0 Å². The number of hydrogen-bond acceptors (Lipinski definition) is 6. The van der Waals surface area contributed by atoms with E-state index >= 15 is 0 Å². The van der Waals surface area contributed by atoms with Crippen molar-refractivity contribution in [3.05, 3.63) is 89.0 Å². The van der Waals surface area contributed by atoms with Crippen LogP contribution in [0.1, 0.15) is 43.5 Å². The van der Waals surface area contributed by atoms with E-state index in [1.54, 1.807) is 42.5 Å². The zero-order chi connectivity index (χ0) is 26.5. The number of hydrogen-bond donors (Lipinski definition) is 1. The van der Waals surface area contributed by atoms with Gasteiger partial charge in [0.2, 0.25) is 0 Å². The zero-order valence-corrected chi connectivity index (χ0v) is 21.5. The Bertz CT molecular complexity index is 1330. The van der Waals surface area contributed by atoms with Crippen molar-refractivity contribution in [3.63, 3.8) is 0 Å². The first kappa shape index (κ1) is 25.8. The van der Waals surface area contributed by atoms with Gasteiger partial charge in [0.05, 0.1) is 37.0 Å². The van der Waals surface area contributed by atoms with Gasteiger partial charge in [0.25, 0.3) is 11.7 Å². The number of benzene rings is 3. The molecule has 7 heteroatoms. The van der Waals surface area contributed by atoms with E-state index in [4.69, 9.17) is 14.2 Å². The Morgan fingerprint density at radius 2 is 1.46 bits per heavy atom. The van der Waals surface area contributed by atoms with Gasteiger partial charge >= 0.3 is 0 Å². The molecule has 192 valence electrons. The molecule has 1 fully saturated rings. The van der Waals surface area contributed by atoms with E-state index in [1.165, 1.54) is 4.90 Å². The number of amides is 1. The number of aliphatic hydroxyl groups excluding tert-OH is 1. The molecule has 0 bridgehead atoms. The van der Waals surface area contributed by atoms with Gasteiger partial charge in [-0.25, -0.2) is 0 Å². The van der Waals surface area contributed by atoms with E-state index in [-0.39, 0.29) is 11.3 Å². The van der Waals surface area contributed by atoms with Crippen LogP contribution in [-0.4, -0.2) is 36.6 Å². The molecule has 1 unspecified atom stereocenters. The summed E-state index contributed by atoms with van der Waals surface area (Å²) in [5.74, 6) is -0.189. The second-order valence-corrected chi connectivity index (χ2v) is 8.48. The molecule has 1 N–H and O–H groups in total. The molecule has 1 aliphatic rings. The van der Waals surface area contributed by atoms with Crippen molar-refractivity contribution in [1.29, 1.82) is 0 Å². The van der Waals surface area contributed by atoms with Gasteiger partial charge in [0, 0.05) is 11.8 Å². The predicted octanol–water partition coefficient (Wildman–Crippen LogP) is 5.82. The van der Waals surface area contributed by atoms with Crippen LogP contribution in [0.2, 0.25) is 0 Å². The molecule has 0 saturated carbocycles. The van der Waals surface area contributed by atoms with Crippen LogP contribution in [0.4, 0.5) is 5.69 Å². The molecule has 1 heterocycles. The Morgan fingerprint density at radius 3 is 2.11 bits per heavy atom. The molecule has 37 heavy (non-hydrogen) atoms. The summed E-state index contributed by atoms with van der Waals surface area (Å²) in [6.07, 6.45) is 0. The summed E-state index contributed by atoms with van der Waals surface area (Å²) in [5.41, 5.74) is 2.45. The maximum absolute atomic E-state index is 13.5. The van der Waals surface area contributed by atoms with E-state index in [2.05, 4.69) is 0 Å². The fourth-order valence-corrected chi connectivity index (χ4v) is 4.53. The number of carbonyl (C=O) groups excluding carboxylic acids is 2. The van der Waals surface area contributed by atoms with E-state index in [0.717, 1.165) is 11.1 Å². The zero-order valence-electron chi connectivity index (χ0n) is 21.5. The Labute approximate surface area is 216 Å². The molecule has 0 aromatic heterocycles. The van der Waals surface area contributed by atoms with Crippen LogP contribution in [0.15, 0.2) is 72.3 Å². The van der Waals surface area contributed by atoms with Gasteiger partial charge in [-0.15, -0.1) is 0 Å². The average molecular weight is 502 g/mol. The molecule has 0 spiro atoms. The Hall–Kier alpha value is -4.26. The first-order chi connectivity index (χ1) is 17.9. The number of aryl methyl sites for hydroxylation is 1. The largest absolute Gasteiger partial charge is 0.507 e. The SMILES string of the molecule is CCOc1ccc(N2C(=O)C(=O)/C(=C(/O)c3ccc(OCC)cc3OCC)C2c2ccccc2C)cc1. The fraction of sp³-hybridized carbons (Fsp3) is 0.267. The second-order valence-electron chi connectivity index (χ2n) is 8.48. The average Bonchev–Trinajstić information content (AvgIpc) is 3.15. The quantitative estimate of drug-likeness (QED) is 0.226. The van der Waals surface area contributed by atoms with E-state index in [0.29, 0.717) is 48.3 Å². The van der Waals surface area contributed by atoms with E-state index in [9.17, 15) is 14.7 Å². The summed E-state index contributed by atoms with van der Waals surface area (Å²) in [7, 11) is 0. The van der Waals surface area contributed by atoms with Crippen molar-refractivity contribution in [2.45, 2.75) is 33.7 Å². The van der Waals surface area contributed by atoms with Crippen molar-refractivity contribution in [3.8, 4) is 17.2 Å². The number of Topliss-reactive ketones (excluding diaryl/α,β-unsaturated/α-hetero) is 1. The number of rotatable bonds is 9. The smallest absolute Gasteiger partial charge is 0.300 e. The maximum atomic E-state index is 13.5. The highest BCUT2D eigenvalue weighted by Gasteiger charge is 2.47. The topological polar surface area (TPSA) is 85.3 Å². The van der Waals surface area contributed by atoms with Crippen LogP contribution in [0.5, 0.6) is 17.2 Å². The summed E-state index contributed by atoms with van der Waals surface area (Å²) < 4.78 is 16.9. The summed E-state index contributed by atoms with van der Waals surface area (Å²) in [6.45, 7) is 8.83. The van der Waals surface area contributed by atoms with Crippen LogP contribution in [0, 0.1) is 6.92 Å². The van der Waals surface area contributed by atoms with Crippen molar-refractivity contribution < 1.29 is 28.9 Å². The van der Waals surface area contributed by atoms with Gasteiger partial charge in [-0.2, -0.15) is 0 Å². The normalized spacial score (nSPS) is 16.6. The van der Waals surface area contributed by atoms with Crippen LogP contribution < -0.4 is 19.1 Å². The molecule has 1 aliphatic heterocycles. The lowest BCUT2D eigenvalue weighted by Gasteiger charge is -2.27. The van der Waals surface area contributed by atoms with Gasteiger partial charge < -0.3 is 19.3 Å². The van der Waals surface area contributed by atoms with Crippen molar-refractivity contribution in [2.24, 2.45) is 0 Å². The molecular formula is C30H31NO6. The Kier molecular flexibility index (Phi) is 7.82. The molecule has 7 nitrogen and oxygen atoms in total. The minimum absolute atomic E-state index is 0.00158. The van der Waals surface area contributed by atoms with E-state index < -0.39 is 17.7 Å². The van der Waals surface area contributed by atoms with Gasteiger partial charge in [-0.05, 0) is 75.2 Å². The van der Waals surface area contributed by atoms with Gasteiger partial charge in [-0.1, -0.05) is 24.3 Å². The molecule has 3 aromatic carbocycles. The monoisotopic (exact) mass is 501 g/mol. The number of anilines is 1. The first-order valence-electron chi connectivity index (χ1n) is 12.4. The number of carbonyl (C=O) groups is 2. The maximum Gasteiger partial charge on any atom is 0.300 e. The third kappa shape index (κ3) is 5.03. The number of aliphatic hydroxyl groups is 1. The fourth-order valence-electron chi connectivity index (χ4n) is 4.53. The Balaban J connectivity index is 1.92. The highest BCUT2D eigenvalue weighted by molar-refractivity contribution is 6.51. The Morgan fingerprint density at radius 1 is 0.838 bits per heavy atom. The predicted molar refractivity (Wildman–Crippen MR) is 142 cm³/mol.